The lowest BCUT2D eigenvalue weighted by atomic mass is 10.0. The summed E-state index contributed by atoms with van der Waals surface area (Å²) in [6, 6.07) is 0. The topological polar surface area (TPSA) is 37.3 Å². The quantitative estimate of drug-likeness (QED) is 0.187. The van der Waals surface area contributed by atoms with Crippen LogP contribution in [0.2, 0.25) is 0 Å². The van der Waals surface area contributed by atoms with Gasteiger partial charge in [-0.15, -0.1) is 25.3 Å². The lowest BCUT2D eigenvalue weighted by Crippen LogP contribution is -2.65. The van der Waals surface area contributed by atoms with Crippen molar-refractivity contribution in [1.29, 1.82) is 0 Å². The average molecular weight is 493 g/mol. The normalized spacial score (nSPS) is 15.0. The minimum atomic E-state index is -1.98. The van der Waals surface area contributed by atoms with Gasteiger partial charge in [-0.25, -0.2) is 4.79 Å². The van der Waals surface area contributed by atoms with Gasteiger partial charge < -0.3 is 5.11 Å². The van der Waals surface area contributed by atoms with Crippen molar-refractivity contribution in [1.82, 2.24) is 0 Å². The lowest BCUT2D eigenvalue weighted by Gasteiger charge is -2.55. The Bertz CT molecular complexity index is 418. The first kappa shape index (κ1) is 25.0. The number of carbonyl (C=O) groups is 1. The second kappa shape index (κ2) is 8.33. The summed E-state index contributed by atoms with van der Waals surface area (Å²) in [4.78, 5) is 11.5. The van der Waals surface area contributed by atoms with E-state index in [0.717, 1.165) is 12.8 Å². The van der Waals surface area contributed by atoms with Crippen molar-refractivity contribution >= 4 is 132 Å². The molecule has 0 amide bonds. The zero-order chi connectivity index (χ0) is 18.2. The van der Waals surface area contributed by atoms with Gasteiger partial charge in [-0.1, -0.05) is 19.8 Å². The summed E-state index contributed by atoms with van der Waals surface area (Å²) < 4.78 is -7.79. The van der Waals surface area contributed by atoms with Crippen LogP contribution in [0.3, 0.4) is 0 Å². The molecule has 22 heavy (non-hydrogen) atoms. The molecule has 0 rings (SSSR count). The van der Waals surface area contributed by atoms with Crippen molar-refractivity contribution in [3.05, 3.63) is 0 Å². The van der Waals surface area contributed by atoms with Gasteiger partial charge >= 0.3 is 5.97 Å². The molecule has 0 aliphatic rings. The van der Waals surface area contributed by atoms with Crippen molar-refractivity contribution in [2.75, 3.05) is 0 Å². The first-order chi connectivity index (χ1) is 9.50. The Morgan fingerprint density at radius 2 is 1.23 bits per heavy atom. The fourth-order valence-electron chi connectivity index (χ4n) is 1.51. The van der Waals surface area contributed by atoms with Crippen LogP contribution in [0.5, 0.6) is 0 Å². The van der Waals surface area contributed by atoms with Crippen molar-refractivity contribution in [2.45, 2.75) is 46.6 Å². The van der Waals surface area contributed by atoms with Crippen LogP contribution in [-0.4, -0.2) is 31.5 Å². The molecule has 0 aromatic carbocycles. The second-order valence-corrected chi connectivity index (χ2v) is 13.6. The van der Waals surface area contributed by atoms with Crippen LogP contribution >= 0.6 is 126 Å². The number of rotatable bonds is 8. The molecule has 0 bridgehead atoms. The second-order valence-electron chi connectivity index (χ2n) is 4.91. The molecular weight excluding hydrogens is 473 g/mol. The van der Waals surface area contributed by atoms with Gasteiger partial charge in [0.1, 0.15) is 12.2 Å². The number of carboxylic acids is 1. The predicted molar refractivity (Wildman–Crippen MR) is 131 cm³/mol. The molecule has 132 valence electrons. The third-order valence-electron chi connectivity index (χ3n) is 3.19. The van der Waals surface area contributed by atoms with Crippen molar-refractivity contribution in [3.8, 4) is 0 Å². The molecule has 0 atom stereocenters. The number of thiol groups is 10. The SMILES string of the molecule is CCCCC(S)(S)C(S)(S)C(S)(S)C(S)(S)C(S)(S)C(=O)O. The summed E-state index contributed by atoms with van der Waals surface area (Å²) in [7, 11) is 0. The molecule has 0 aliphatic carbocycles. The third kappa shape index (κ3) is 4.44. The van der Waals surface area contributed by atoms with Crippen LogP contribution in [0.15, 0.2) is 0 Å². The number of aliphatic carboxylic acids is 1. The fraction of sp³-hybridized carbons (Fsp3) is 0.900. The van der Waals surface area contributed by atoms with Gasteiger partial charge in [0.2, 0.25) is 0 Å². The first-order valence-electron chi connectivity index (χ1n) is 5.97. The first-order valence-corrected chi connectivity index (χ1v) is 10.4. The summed E-state index contributed by atoms with van der Waals surface area (Å²) in [6.07, 6.45) is 2.26. The summed E-state index contributed by atoms with van der Waals surface area (Å²) >= 11 is 43.7. The highest BCUT2D eigenvalue weighted by atomic mass is 32.2. The number of hydrogen-bond acceptors (Lipinski definition) is 11. The number of carboxylic acid groups (broad SMARTS) is 1. The number of unbranched alkanes of at least 4 members (excludes halogenated alkanes) is 1. The third-order valence-corrected chi connectivity index (χ3v) is 12.3. The molecule has 12 heteroatoms. The van der Waals surface area contributed by atoms with Crippen LogP contribution in [0.4, 0.5) is 0 Å². The van der Waals surface area contributed by atoms with Crippen LogP contribution in [0.25, 0.3) is 0 Å². The van der Waals surface area contributed by atoms with Gasteiger partial charge in [-0.2, -0.15) is 101 Å². The van der Waals surface area contributed by atoms with Gasteiger partial charge in [-0.05, 0) is 6.42 Å². The van der Waals surface area contributed by atoms with Crippen LogP contribution in [0.1, 0.15) is 26.2 Å². The Hall–Kier alpha value is 2.97. The smallest absolute Gasteiger partial charge is 0.332 e. The lowest BCUT2D eigenvalue weighted by molar-refractivity contribution is -0.137. The van der Waals surface area contributed by atoms with E-state index in [1.54, 1.807) is 0 Å². The van der Waals surface area contributed by atoms with E-state index in [2.05, 4.69) is 126 Å². The molecule has 0 spiro atoms. The predicted octanol–water partition coefficient (Wildman–Crippen LogP) is 4.04. The highest BCUT2D eigenvalue weighted by Crippen LogP contribution is 2.64. The molecule has 0 saturated carbocycles. The van der Waals surface area contributed by atoms with Crippen molar-refractivity contribution in [2.24, 2.45) is 0 Å². The fourth-order valence-corrected chi connectivity index (χ4v) is 5.36. The maximum absolute atomic E-state index is 11.5. The van der Waals surface area contributed by atoms with Gasteiger partial charge in [0.05, 0.1) is 4.08 Å². The molecule has 2 nitrogen and oxygen atoms in total. The van der Waals surface area contributed by atoms with E-state index < -0.39 is 26.4 Å². The van der Waals surface area contributed by atoms with Crippen molar-refractivity contribution in [3.63, 3.8) is 0 Å². The Balaban J connectivity index is 5.93. The molecular formula is C10H20O2S10. The van der Waals surface area contributed by atoms with E-state index in [0.29, 0.717) is 6.42 Å². The van der Waals surface area contributed by atoms with Crippen LogP contribution < -0.4 is 0 Å². The standard InChI is InChI=1S/C10H20O2S10/c1-2-3-4-6(13,14)8(17,18)10(21,22)9(19,20)7(15,16)5(11)12/h13-22H,2-4H2,1H3,(H,11,12). The molecule has 0 aromatic heterocycles. The minimum Gasteiger partial charge on any atom is -0.480 e. The maximum atomic E-state index is 11.5. The molecule has 0 aliphatic heterocycles. The van der Waals surface area contributed by atoms with E-state index >= 15 is 0 Å². The summed E-state index contributed by atoms with van der Waals surface area (Å²) in [6.45, 7) is 2.02. The van der Waals surface area contributed by atoms with Gasteiger partial charge in [0.25, 0.3) is 0 Å². The zero-order valence-electron chi connectivity index (χ0n) is 11.4. The molecule has 0 unspecified atom stereocenters. The summed E-state index contributed by atoms with van der Waals surface area (Å²) in [5.74, 6) is -1.36. The highest BCUT2D eigenvalue weighted by molar-refractivity contribution is 8.15. The monoisotopic (exact) mass is 492 g/mol. The van der Waals surface area contributed by atoms with Gasteiger partial charge in [0.15, 0.2) is 4.08 Å². The molecule has 0 heterocycles. The van der Waals surface area contributed by atoms with Gasteiger partial charge in [-0.3, -0.25) is 0 Å². The molecule has 0 radical (unpaired) electrons. The molecule has 1 N–H and O–H groups in total. The summed E-state index contributed by atoms with van der Waals surface area (Å²) in [5, 5.41) is 9.34. The van der Waals surface area contributed by atoms with Crippen LogP contribution in [0, 0.1) is 0 Å². The maximum Gasteiger partial charge on any atom is 0.332 e. The minimum absolute atomic E-state index is 0.530. The largest absolute Gasteiger partial charge is 0.480 e. The molecule has 0 aromatic rings. The average Bonchev–Trinajstić information content (AvgIpc) is 2.35. The Morgan fingerprint density at radius 3 is 1.55 bits per heavy atom. The van der Waals surface area contributed by atoms with Crippen molar-refractivity contribution < 1.29 is 9.90 Å². The Kier molecular flexibility index (Phi) is 9.45. The number of hydrogen-bond donors (Lipinski definition) is 11. The van der Waals surface area contributed by atoms with Crippen LogP contribution in [-0.2, 0) is 4.79 Å². The van der Waals surface area contributed by atoms with E-state index in [1.165, 1.54) is 0 Å². The van der Waals surface area contributed by atoms with E-state index in [-0.39, 0.29) is 0 Å². The van der Waals surface area contributed by atoms with E-state index in [9.17, 15) is 9.90 Å². The molecule has 0 saturated heterocycles. The molecule has 0 fully saturated rings. The highest BCUT2D eigenvalue weighted by Gasteiger charge is 2.67. The van der Waals surface area contributed by atoms with Gasteiger partial charge in [0, 0.05) is 0 Å². The Labute approximate surface area is 187 Å². The zero-order valence-corrected chi connectivity index (χ0v) is 20.4. The van der Waals surface area contributed by atoms with E-state index in [4.69, 9.17) is 0 Å². The summed E-state index contributed by atoms with van der Waals surface area (Å²) in [5.41, 5.74) is 0. The Morgan fingerprint density at radius 1 is 0.818 bits per heavy atom. The van der Waals surface area contributed by atoms with E-state index in [1.807, 2.05) is 6.92 Å².